The molecular weight excluding hydrogens is 172 g/mol. The molecule has 1 N–H and O–H groups in total. The van der Waals surface area contributed by atoms with E-state index in [2.05, 4.69) is 55.6 Å². The summed E-state index contributed by atoms with van der Waals surface area (Å²) in [6.07, 6.45) is 0. The minimum Gasteiger partial charge on any atom is -0.285 e. The molecule has 14 heavy (non-hydrogen) atoms. The van der Waals surface area contributed by atoms with Crippen LogP contribution in [0.5, 0.6) is 0 Å². The van der Waals surface area contributed by atoms with E-state index < -0.39 is 0 Å². The molecule has 2 heteroatoms. The van der Waals surface area contributed by atoms with Gasteiger partial charge in [0.25, 0.3) is 0 Å². The van der Waals surface area contributed by atoms with Crippen molar-refractivity contribution < 1.29 is 9.38 Å². The van der Waals surface area contributed by atoms with Crippen molar-refractivity contribution in [1.29, 1.82) is 0 Å². The van der Waals surface area contributed by atoms with Gasteiger partial charge in [-0.2, -0.15) is 0 Å². The summed E-state index contributed by atoms with van der Waals surface area (Å²) >= 11 is 0. The first-order chi connectivity index (χ1) is 6.21. The minimum absolute atomic E-state index is 0.289. The molecule has 0 bridgehead atoms. The molecule has 0 saturated heterocycles. The van der Waals surface area contributed by atoms with Crippen molar-refractivity contribution in [3.05, 3.63) is 0 Å². The number of hydrogen-bond donors (Lipinski definition) is 1. The zero-order valence-electron chi connectivity index (χ0n) is 11.4. The lowest BCUT2D eigenvalue weighted by Gasteiger charge is -2.49. The average Bonchev–Trinajstić information content (AvgIpc) is 2.05. The van der Waals surface area contributed by atoms with Gasteiger partial charge in [-0.25, -0.2) is 0 Å². The van der Waals surface area contributed by atoms with E-state index in [-0.39, 0.29) is 5.66 Å². The third-order valence-electron chi connectivity index (χ3n) is 4.45. The van der Waals surface area contributed by atoms with Gasteiger partial charge in [-0.15, -0.1) is 0 Å². The molecule has 0 amide bonds. The Hall–Kier alpha value is -0.0800. The van der Waals surface area contributed by atoms with Crippen LogP contribution in [0, 0.1) is 0 Å². The van der Waals surface area contributed by atoms with Gasteiger partial charge in [0.15, 0.2) is 0 Å². The molecule has 2 nitrogen and oxygen atoms in total. The first-order valence-electron chi connectivity index (χ1n) is 5.90. The lowest BCUT2D eigenvalue weighted by Crippen LogP contribution is -3.22. The second-order valence-corrected chi connectivity index (χ2v) is 5.50. The zero-order valence-corrected chi connectivity index (χ0v) is 11.4. The molecule has 0 heterocycles. The molecule has 86 valence electrons. The number of hydrogen-bond acceptors (Lipinski definition) is 0. The van der Waals surface area contributed by atoms with Crippen LogP contribution in [0.1, 0.15) is 41.5 Å². The molecule has 0 aromatic rings. The Balaban J connectivity index is 4.91. The van der Waals surface area contributed by atoms with Crippen LogP contribution in [0.15, 0.2) is 0 Å². The van der Waals surface area contributed by atoms with E-state index in [0.717, 1.165) is 4.48 Å². The van der Waals surface area contributed by atoms with Crippen molar-refractivity contribution in [3.63, 3.8) is 0 Å². The highest BCUT2D eigenvalue weighted by Crippen LogP contribution is 2.18. The highest BCUT2D eigenvalue weighted by molar-refractivity contribution is 4.55. The molecule has 0 aliphatic heterocycles. The Labute approximate surface area is 90.5 Å². The van der Waals surface area contributed by atoms with Crippen LogP contribution in [0.25, 0.3) is 0 Å². The van der Waals surface area contributed by atoms with Crippen molar-refractivity contribution in [1.82, 2.24) is 0 Å². The maximum absolute atomic E-state index is 2.38. The van der Waals surface area contributed by atoms with E-state index in [0.29, 0.717) is 6.04 Å². The largest absolute Gasteiger partial charge is 0.285 e. The van der Waals surface area contributed by atoms with E-state index in [9.17, 15) is 0 Å². The van der Waals surface area contributed by atoms with Crippen molar-refractivity contribution in [2.45, 2.75) is 53.2 Å². The monoisotopic (exact) mass is 202 g/mol. The Bertz CT molecular complexity index is 167. The summed E-state index contributed by atoms with van der Waals surface area (Å²) in [5.41, 5.74) is 0.289. The lowest BCUT2D eigenvalue weighted by atomic mass is 10.1. The Morgan fingerprint density at radius 3 is 1.64 bits per heavy atom. The van der Waals surface area contributed by atoms with Gasteiger partial charge in [0.05, 0.1) is 33.2 Å². The van der Waals surface area contributed by atoms with E-state index in [1.165, 1.54) is 13.1 Å². The van der Waals surface area contributed by atoms with E-state index in [4.69, 9.17) is 0 Å². The van der Waals surface area contributed by atoms with Crippen LogP contribution in [0.3, 0.4) is 0 Å². The lowest BCUT2D eigenvalue weighted by molar-refractivity contribution is -1.15. The summed E-state index contributed by atoms with van der Waals surface area (Å²) in [6.45, 7) is 16.4. The summed E-state index contributed by atoms with van der Waals surface area (Å²) in [6, 6.07) is 0.665. The van der Waals surface area contributed by atoms with Gasteiger partial charge in [0.1, 0.15) is 0 Å². The molecular formula is C12H30N2+2. The predicted octanol–water partition coefficient (Wildman–Crippen LogP) is 1.13. The third-order valence-corrected chi connectivity index (χ3v) is 4.45. The fraction of sp³-hybridized carbons (Fsp3) is 1.00. The van der Waals surface area contributed by atoms with Gasteiger partial charge < -0.3 is 0 Å². The van der Waals surface area contributed by atoms with E-state index >= 15 is 0 Å². The van der Waals surface area contributed by atoms with Gasteiger partial charge in [0.2, 0.25) is 5.66 Å². The van der Waals surface area contributed by atoms with Crippen molar-refractivity contribution in [3.8, 4) is 0 Å². The van der Waals surface area contributed by atoms with Gasteiger partial charge in [-0.05, 0) is 27.7 Å². The third kappa shape index (κ3) is 2.29. The predicted molar refractivity (Wildman–Crippen MR) is 63.4 cm³/mol. The Morgan fingerprint density at radius 2 is 1.43 bits per heavy atom. The van der Waals surface area contributed by atoms with Crippen LogP contribution in [0.2, 0.25) is 0 Å². The van der Waals surface area contributed by atoms with E-state index in [1.807, 2.05) is 0 Å². The van der Waals surface area contributed by atoms with Crippen molar-refractivity contribution >= 4 is 0 Å². The summed E-state index contributed by atoms with van der Waals surface area (Å²) in [4.78, 5) is 1.68. The summed E-state index contributed by atoms with van der Waals surface area (Å²) < 4.78 is 1.07. The fourth-order valence-corrected chi connectivity index (χ4v) is 2.17. The fourth-order valence-electron chi connectivity index (χ4n) is 2.17. The molecule has 0 radical (unpaired) electrons. The van der Waals surface area contributed by atoms with Gasteiger partial charge in [-0.1, -0.05) is 0 Å². The smallest absolute Gasteiger partial charge is 0.218 e. The van der Waals surface area contributed by atoms with Crippen LogP contribution in [-0.4, -0.2) is 43.4 Å². The number of nitrogens with one attached hydrogen (secondary N) is 1. The van der Waals surface area contributed by atoms with E-state index in [1.54, 1.807) is 4.90 Å². The average molecular weight is 202 g/mol. The summed E-state index contributed by atoms with van der Waals surface area (Å²) in [7, 11) is 4.69. The minimum atomic E-state index is 0.289. The molecule has 0 fully saturated rings. The quantitative estimate of drug-likeness (QED) is 0.503. The summed E-state index contributed by atoms with van der Waals surface area (Å²) in [5.74, 6) is 0. The zero-order chi connectivity index (χ0) is 11.6. The second-order valence-electron chi connectivity index (χ2n) is 5.50. The molecule has 0 unspecified atom stereocenters. The van der Waals surface area contributed by atoms with Crippen LogP contribution < -0.4 is 4.90 Å². The van der Waals surface area contributed by atoms with Crippen LogP contribution >= 0.6 is 0 Å². The maximum Gasteiger partial charge on any atom is 0.218 e. The normalized spacial score (nSPS) is 14.1. The molecule has 0 rings (SSSR count). The van der Waals surface area contributed by atoms with Crippen LogP contribution in [-0.2, 0) is 0 Å². The van der Waals surface area contributed by atoms with Crippen LogP contribution in [0.4, 0.5) is 0 Å². The molecule has 0 aromatic carbocycles. The number of nitrogens with zero attached hydrogens (tertiary/aromatic N) is 1. The number of rotatable bonds is 5. The highest BCUT2D eigenvalue weighted by Gasteiger charge is 2.45. The van der Waals surface area contributed by atoms with Crippen molar-refractivity contribution in [2.75, 3.05) is 27.2 Å². The molecule has 0 aromatic heterocycles. The summed E-state index contributed by atoms with van der Waals surface area (Å²) in [5, 5.41) is 0. The number of quaternary nitrogens is 2. The van der Waals surface area contributed by atoms with Gasteiger partial charge >= 0.3 is 0 Å². The Morgan fingerprint density at radius 1 is 1.07 bits per heavy atom. The highest BCUT2D eigenvalue weighted by atomic mass is 15.5. The van der Waals surface area contributed by atoms with Crippen molar-refractivity contribution in [2.24, 2.45) is 0 Å². The first kappa shape index (κ1) is 13.9. The maximum atomic E-state index is 2.38. The first-order valence-corrected chi connectivity index (χ1v) is 5.90. The molecule has 0 aliphatic rings. The second kappa shape index (κ2) is 4.63. The SMILES string of the molecule is CC[NH+](CC)C(C)(C)[N+](C)(C)C(C)C. The Kier molecular flexibility index (Phi) is 4.60. The molecule has 0 aliphatic carbocycles. The topological polar surface area (TPSA) is 4.44 Å². The molecule has 0 spiro atoms. The van der Waals surface area contributed by atoms with Gasteiger partial charge in [-0.3, -0.25) is 9.38 Å². The molecule has 0 saturated carbocycles. The molecule has 0 atom stereocenters. The van der Waals surface area contributed by atoms with Gasteiger partial charge in [0, 0.05) is 13.8 Å². The standard InChI is InChI=1S/C12H29N2/c1-9-13(10-2)12(5,6)14(7,8)11(3)4/h11H,9-10H2,1-8H3/q+1/p+1.